The van der Waals surface area contributed by atoms with E-state index in [9.17, 15) is 0 Å². The fourth-order valence-corrected chi connectivity index (χ4v) is 3.65. The summed E-state index contributed by atoms with van der Waals surface area (Å²) >= 11 is 5.25. The lowest BCUT2D eigenvalue weighted by Crippen LogP contribution is -2.26. The first-order valence-electron chi connectivity index (χ1n) is 6.76. The van der Waals surface area contributed by atoms with Crippen LogP contribution in [0.25, 0.3) is 0 Å². The van der Waals surface area contributed by atoms with Crippen molar-refractivity contribution >= 4 is 27.7 Å². The van der Waals surface area contributed by atoms with Crippen molar-refractivity contribution in [2.45, 2.75) is 36.0 Å². The van der Waals surface area contributed by atoms with Gasteiger partial charge in [-0.1, -0.05) is 23.7 Å². The molecule has 0 bridgehead atoms. The number of aromatic nitrogens is 2. The minimum absolute atomic E-state index is 0.235. The molecule has 3 rings (SSSR count). The van der Waals surface area contributed by atoms with Crippen LogP contribution in [0, 0.1) is 0 Å². The number of rotatable bonds is 4. The third-order valence-electron chi connectivity index (χ3n) is 3.29. The fourth-order valence-electron chi connectivity index (χ4n) is 2.23. The van der Waals surface area contributed by atoms with Gasteiger partial charge in [-0.2, -0.15) is 4.98 Å². The molecular formula is C14H16BrN3OS. The highest BCUT2D eigenvalue weighted by Crippen LogP contribution is 2.29. The van der Waals surface area contributed by atoms with Crippen LogP contribution >= 0.6 is 27.7 Å². The molecule has 0 aliphatic carbocycles. The largest absolute Gasteiger partial charge is 0.338 e. The average molecular weight is 354 g/mol. The molecule has 4 nitrogen and oxygen atoms in total. The second kappa shape index (κ2) is 6.74. The van der Waals surface area contributed by atoms with Crippen molar-refractivity contribution in [2.75, 3.05) is 6.54 Å². The molecule has 0 saturated carbocycles. The summed E-state index contributed by atoms with van der Waals surface area (Å²) in [4.78, 5) is 5.69. The molecule has 1 aliphatic rings. The number of hydrogen-bond acceptors (Lipinski definition) is 5. The van der Waals surface area contributed by atoms with Crippen LogP contribution in [0.2, 0.25) is 0 Å². The predicted octanol–water partition coefficient (Wildman–Crippen LogP) is 3.94. The van der Waals surface area contributed by atoms with Crippen molar-refractivity contribution in [3.05, 3.63) is 40.5 Å². The Morgan fingerprint density at radius 3 is 3.05 bits per heavy atom. The summed E-state index contributed by atoms with van der Waals surface area (Å²) in [5, 5.41) is 7.49. The number of thioether (sulfide) groups is 1. The summed E-state index contributed by atoms with van der Waals surface area (Å²) in [6.07, 6.45) is 3.54. The van der Waals surface area contributed by atoms with Gasteiger partial charge in [0.2, 0.25) is 5.89 Å². The molecule has 0 radical (unpaired) electrons. The summed E-state index contributed by atoms with van der Waals surface area (Å²) in [5.41, 5.74) is 0. The Morgan fingerprint density at radius 2 is 2.25 bits per heavy atom. The highest BCUT2D eigenvalue weighted by Gasteiger charge is 2.20. The van der Waals surface area contributed by atoms with Gasteiger partial charge in [0.25, 0.3) is 0 Å². The van der Waals surface area contributed by atoms with Crippen molar-refractivity contribution < 1.29 is 4.52 Å². The van der Waals surface area contributed by atoms with Crippen LogP contribution in [0.3, 0.4) is 0 Å². The minimum atomic E-state index is 0.235. The SMILES string of the molecule is Brc1ccccc1SCc1noc([C@H]2CCCCN2)n1. The molecule has 1 saturated heterocycles. The molecule has 2 aromatic rings. The molecule has 0 amide bonds. The third kappa shape index (κ3) is 3.42. The van der Waals surface area contributed by atoms with E-state index in [0.717, 1.165) is 34.9 Å². The van der Waals surface area contributed by atoms with Gasteiger partial charge in [-0.15, -0.1) is 11.8 Å². The van der Waals surface area contributed by atoms with Crippen molar-refractivity contribution in [3.8, 4) is 0 Å². The van der Waals surface area contributed by atoms with Gasteiger partial charge in [-0.25, -0.2) is 0 Å². The van der Waals surface area contributed by atoms with E-state index in [4.69, 9.17) is 4.52 Å². The Morgan fingerprint density at radius 1 is 1.35 bits per heavy atom. The first-order chi connectivity index (χ1) is 9.83. The van der Waals surface area contributed by atoms with Crippen LogP contribution in [0.15, 0.2) is 38.2 Å². The summed E-state index contributed by atoms with van der Waals surface area (Å²) in [5.74, 6) is 2.21. The van der Waals surface area contributed by atoms with Crippen LogP contribution in [0.1, 0.15) is 37.0 Å². The Kier molecular flexibility index (Phi) is 4.75. The van der Waals surface area contributed by atoms with Gasteiger partial charge in [0.15, 0.2) is 5.82 Å². The lowest BCUT2D eigenvalue weighted by atomic mass is 10.1. The van der Waals surface area contributed by atoms with Crippen LogP contribution in [-0.4, -0.2) is 16.7 Å². The van der Waals surface area contributed by atoms with Gasteiger partial charge in [-0.05, 0) is 47.4 Å². The molecule has 1 fully saturated rings. The molecule has 1 aromatic heterocycles. The molecule has 6 heteroatoms. The number of nitrogens with one attached hydrogen (secondary N) is 1. The number of halogens is 1. The van der Waals surface area contributed by atoms with Gasteiger partial charge in [-0.3, -0.25) is 0 Å². The zero-order valence-electron chi connectivity index (χ0n) is 11.0. The molecule has 1 atom stereocenters. The highest BCUT2D eigenvalue weighted by molar-refractivity contribution is 9.10. The summed E-state index contributed by atoms with van der Waals surface area (Å²) in [7, 11) is 0. The summed E-state index contributed by atoms with van der Waals surface area (Å²) in [6, 6.07) is 8.39. The lowest BCUT2D eigenvalue weighted by molar-refractivity contribution is 0.296. The predicted molar refractivity (Wildman–Crippen MR) is 82.6 cm³/mol. The van der Waals surface area contributed by atoms with Crippen LogP contribution in [0.5, 0.6) is 0 Å². The quantitative estimate of drug-likeness (QED) is 0.843. The van der Waals surface area contributed by atoms with E-state index in [0.29, 0.717) is 0 Å². The molecule has 1 aliphatic heterocycles. The van der Waals surface area contributed by atoms with Gasteiger partial charge < -0.3 is 9.84 Å². The second-order valence-corrected chi connectivity index (χ2v) is 6.64. The molecule has 106 valence electrons. The van der Waals surface area contributed by atoms with E-state index in [1.807, 2.05) is 18.2 Å². The summed E-state index contributed by atoms with van der Waals surface area (Å²) in [6.45, 7) is 1.04. The van der Waals surface area contributed by atoms with Crippen molar-refractivity contribution in [2.24, 2.45) is 0 Å². The molecule has 0 spiro atoms. The Bertz CT molecular complexity index is 569. The van der Waals surface area contributed by atoms with Crippen LogP contribution < -0.4 is 5.32 Å². The van der Waals surface area contributed by atoms with Gasteiger partial charge in [0, 0.05) is 9.37 Å². The summed E-state index contributed by atoms with van der Waals surface area (Å²) < 4.78 is 6.47. The Labute approximate surface area is 130 Å². The van der Waals surface area contributed by atoms with Crippen molar-refractivity contribution in [1.82, 2.24) is 15.5 Å². The molecule has 20 heavy (non-hydrogen) atoms. The molecule has 1 N–H and O–H groups in total. The number of hydrogen-bond donors (Lipinski definition) is 1. The maximum atomic E-state index is 5.37. The van der Waals surface area contributed by atoms with Crippen molar-refractivity contribution in [1.29, 1.82) is 0 Å². The number of nitrogens with zero attached hydrogens (tertiary/aromatic N) is 2. The Hall–Kier alpha value is -0.850. The van der Waals surface area contributed by atoms with Gasteiger partial charge >= 0.3 is 0 Å². The van der Waals surface area contributed by atoms with Crippen molar-refractivity contribution in [3.63, 3.8) is 0 Å². The molecular weight excluding hydrogens is 338 g/mol. The average Bonchev–Trinajstić information content (AvgIpc) is 2.96. The molecule has 0 unspecified atom stereocenters. The number of benzene rings is 1. The maximum absolute atomic E-state index is 5.37. The van der Waals surface area contributed by atoms with Gasteiger partial charge in [0.1, 0.15) is 0 Å². The second-order valence-electron chi connectivity index (χ2n) is 4.77. The highest BCUT2D eigenvalue weighted by atomic mass is 79.9. The Balaban J connectivity index is 1.61. The van der Waals surface area contributed by atoms with E-state index in [1.54, 1.807) is 11.8 Å². The first-order valence-corrected chi connectivity index (χ1v) is 8.54. The van der Waals surface area contributed by atoms with E-state index < -0.39 is 0 Å². The topological polar surface area (TPSA) is 51.0 Å². The molecule has 2 heterocycles. The fraction of sp³-hybridized carbons (Fsp3) is 0.429. The lowest BCUT2D eigenvalue weighted by Gasteiger charge is -2.19. The van der Waals surface area contributed by atoms with E-state index in [2.05, 4.69) is 37.5 Å². The third-order valence-corrected chi connectivity index (χ3v) is 5.31. The smallest absolute Gasteiger partial charge is 0.243 e. The number of piperidine rings is 1. The van der Waals surface area contributed by atoms with E-state index in [-0.39, 0.29) is 6.04 Å². The maximum Gasteiger partial charge on any atom is 0.243 e. The minimum Gasteiger partial charge on any atom is -0.338 e. The normalized spacial score (nSPS) is 19.1. The zero-order valence-corrected chi connectivity index (χ0v) is 13.4. The molecule has 1 aromatic carbocycles. The van der Waals surface area contributed by atoms with Crippen LogP contribution in [-0.2, 0) is 5.75 Å². The monoisotopic (exact) mass is 353 g/mol. The zero-order chi connectivity index (χ0) is 13.8. The van der Waals surface area contributed by atoms with E-state index in [1.165, 1.54) is 17.7 Å². The first kappa shape index (κ1) is 14.1. The van der Waals surface area contributed by atoms with Gasteiger partial charge in [0.05, 0.1) is 11.8 Å². The van der Waals surface area contributed by atoms with E-state index >= 15 is 0 Å². The standard InChI is InChI=1S/C14H16BrN3OS/c15-10-5-1-2-7-12(10)20-9-13-17-14(19-18-13)11-6-3-4-8-16-11/h1-2,5,7,11,16H,3-4,6,8-9H2/t11-/m1/s1. The van der Waals surface area contributed by atoms with Crippen LogP contribution in [0.4, 0.5) is 0 Å².